The molecule has 1 saturated carbocycles. The van der Waals surface area contributed by atoms with Gasteiger partial charge >= 0.3 is 0 Å². The fourth-order valence-corrected chi connectivity index (χ4v) is 2.15. The van der Waals surface area contributed by atoms with Gasteiger partial charge in [0.2, 0.25) is 5.91 Å². The third kappa shape index (κ3) is 2.57. The predicted molar refractivity (Wildman–Crippen MR) is 67.6 cm³/mol. The van der Waals surface area contributed by atoms with Crippen molar-refractivity contribution in [3.63, 3.8) is 0 Å². The first-order valence-corrected chi connectivity index (χ1v) is 6.05. The van der Waals surface area contributed by atoms with Gasteiger partial charge in [0.25, 0.3) is 0 Å². The standard InChI is InChI=1S/C10H7Cl4NO/c11-5-1-2-7(12)8(3-5)15-9(16)6-4-10(6,13)14/h1-3,6H,4H2,(H,15,16). The van der Waals surface area contributed by atoms with Crippen LogP contribution in [0.4, 0.5) is 5.69 Å². The Hall–Kier alpha value is -0.150. The number of hydrogen-bond donors (Lipinski definition) is 1. The lowest BCUT2D eigenvalue weighted by Gasteiger charge is -2.07. The fourth-order valence-electron chi connectivity index (χ4n) is 1.31. The van der Waals surface area contributed by atoms with Crippen molar-refractivity contribution >= 4 is 58.0 Å². The van der Waals surface area contributed by atoms with E-state index in [0.717, 1.165) is 0 Å². The average molecular weight is 299 g/mol. The zero-order valence-electron chi connectivity index (χ0n) is 7.94. The van der Waals surface area contributed by atoms with Gasteiger partial charge in [0.05, 0.1) is 16.6 Å². The van der Waals surface area contributed by atoms with Crippen molar-refractivity contribution in [1.29, 1.82) is 0 Å². The Labute approximate surface area is 113 Å². The third-order valence-electron chi connectivity index (χ3n) is 2.33. The molecule has 1 aromatic rings. The number of alkyl halides is 2. The number of halogens is 4. The monoisotopic (exact) mass is 297 g/mol. The van der Waals surface area contributed by atoms with Crippen LogP contribution < -0.4 is 5.32 Å². The van der Waals surface area contributed by atoms with Gasteiger partial charge in [-0.3, -0.25) is 4.79 Å². The molecule has 0 saturated heterocycles. The topological polar surface area (TPSA) is 29.1 Å². The fraction of sp³-hybridized carbons (Fsp3) is 0.300. The highest BCUT2D eigenvalue weighted by molar-refractivity contribution is 6.52. The van der Waals surface area contributed by atoms with Crippen LogP contribution in [0.2, 0.25) is 10.0 Å². The first-order chi connectivity index (χ1) is 7.40. The van der Waals surface area contributed by atoms with Gasteiger partial charge < -0.3 is 5.32 Å². The first-order valence-electron chi connectivity index (χ1n) is 4.54. The number of benzene rings is 1. The van der Waals surface area contributed by atoms with Crippen LogP contribution in [0.1, 0.15) is 6.42 Å². The van der Waals surface area contributed by atoms with E-state index in [0.29, 0.717) is 22.2 Å². The van der Waals surface area contributed by atoms with Gasteiger partial charge in [-0.25, -0.2) is 0 Å². The van der Waals surface area contributed by atoms with Gasteiger partial charge in [-0.2, -0.15) is 0 Å². The zero-order valence-corrected chi connectivity index (χ0v) is 11.0. The molecular weight excluding hydrogens is 292 g/mol. The molecule has 1 atom stereocenters. The highest BCUT2D eigenvalue weighted by Gasteiger charge is 2.56. The summed E-state index contributed by atoms with van der Waals surface area (Å²) in [6, 6.07) is 4.83. The Balaban J connectivity index is 2.10. The average Bonchev–Trinajstić information content (AvgIpc) is 2.82. The largest absolute Gasteiger partial charge is 0.324 e. The normalized spacial score (nSPS) is 21.6. The minimum Gasteiger partial charge on any atom is -0.324 e. The summed E-state index contributed by atoms with van der Waals surface area (Å²) in [6.07, 6.45) is 0.458. The molecule has 0 aromatic heterocycles. The molecular formula is C10H7Cl4NO. The van der Waals surface area contributed by atoms with Crippen molar-refractivity contribution in [3.05, 3.63) is 28.2 Å². The summed E-state index contributed by atoms with van der Waals surface area (Å²) in [4.78, 5) is 11.7. The van der Waals surface area contributed by atoms with E-state index < -0.39 is 4.33 Å². The predicted octanol–water partition coefficient (Wildman–Crippen LogP) is 4.13. The van der Waals surface area contributed by atoms with E-state index in [1.165, 1.54) is 0 Å². The maximum atomic E-state index is 11.7. The Kier molecular flexibility index (Phi) is 3.28. The maximum absolute atomic E-state index is 11.7. The van der Waals surface area contributed by atoms with Crippen LogP contribution in [-0.4, -0.2) is 10.2 Å². The van der Waals surface area contributed by atoms with Gasteiger partial charge in [0.15, 0.2) is 0 Å². The molecule has 1 aliphatic rings. The SMILES string of the molecule is O=C(Nc1cc(Cl)ccc1Cl)C1CC1(Cl)Cl. The number of carbonyl (C=O) groups is 1. The molecule has 2 rings (SSSR count). The van der Waals surface area contributed by atoms with Crippen LogP contribution in [0.15, 0.2) is 18.2 Å². The van der Waals surface area contributed by atoms with Crippen LogP contribution in [0, 0.1) is 5.92 Å². The van der Waals surface area contributed by atoms with Crippen LogP contribution in [0.5, 0.6) is 0 Å². The van der Waals surface area contributed by atoms with Crippen molar-refractivity contribution in [2.45, 2.75) is 10.8 Å². The second-order valence-corrected chi connectivity index (χ2v) is 6.02. The van der Waals surface area contributed by atoms with E-state index in [-0.39, 0.29) is 11.8 Å². The Bertz CT molecular complexity index is 446. The van der Waals surface area contributed by atoms with Crippen molar-refractivity contribution in [2.24, 2.45) is 5.92 Å². The summed E-state index contributed by atoms with van der Waals surface area (Å²) in [6.45, 7) is 0. The van der Waals surface area contributed by atoms with Crippen molar-refractivity contribution < 1.29 is 4.79 Å². The summed E-state index contributed by atoms with van der Waals surface area (Å²) in [5.74, 6) is -0.625. The zero-order chi connectivity index (χ0) is 11.9. The summed E-state index contributed by atoms with van der Waals surface area (Å²) >= 11 is 23.3. The van der Waals surface area contributed by atoms with Crippen LogP contribution in [0.25, 0.3) is 0 Å². The molecule has 0 radical (unpaired) electrons. The molecule has 1 fully saturated rings. The molecule has 0 spiro atoms. The van der Waals surface area contributed by atoms with E-state index >= 15 is 0 Å². The van der Waals surface area contributed by atoms with Crippen molar-refractivity contribution in [2.75, 3.05) is 5.32 Å². The van der Waals surface area contributed by atoms with Crippen molar-refractivity contribution in [3.8, 4) is 0 Å². The molecule has 6 heteroatoms. The van der Waals surface area contributed by atoms with Gasteiger partial charge in [-0.05, 0) is 24.6 Å². The first kappa shape index (κ1) is 12.3. The lowest BCUT2D eigenvalue weighted by molar-refractivity contribution is -0.117. The second-order valence-electron chi connectivity index (χ2n) is 3.63. The van der Waals surface area contributed by atoms with Gasteiger partial charge in [-0.15, -0.1) is 23.2 Å². The second kappa shape index (κ2) is 4.26. The van der Waals surface area contributed by atoms with E-state index in [9.17, 15) is 4.79 Å². The molecule has 0 heterocycles. The number of amides is 1. The van der Waals surface area contributed by atoms with Crippen LogP contribution in [-0.2, 0) is 4.79 Å². The number of hydrogen-bond acceptors (Lipinski definition) is 1. The van der Waals surface area contributed by atoms with Crippen molar-refractivity contribution in [1.82, 2.24) is 0 Å². The Morgan fingerprint density at radius 3 is 2.56 bits per heavy atom. The number of anilines is 1. The number of nitrogens with one attached hydrogen (secondary N) is 1. The molecule has 0 bridgehead atoms. The van der Waals surface area contributed by atoms with Gasteiger partial charge in [-0.1, -0.05) is 23.2 Å². The minimum absolute atomic E-state index is 0.242. The quantitative estimate of drug-likeness (QED) is 0.817. The van der Waals surface area contributed by atoms with E-state index in [2.05, 4.69) is 5.32 Å². The summed E-state index contributed by atoms with van der Waals surface area (Å²) in [5, 5.41) is 3.57. The summed E-state index contributed by atoms with van der Waals surface area (Å²) in [5.41, 5.74) is 0.468. The minimum atomic E-state index is -0.935. The highest BCUT2D eigenvalue weighted by Crippen LogP contribution is 2.53. The van der Waals surface area contributed by atoms with Gasteiger partial charge in [0, 0.05) is 5.02 Å². The molecule has 1 unspecified atom stereocenters. The molecule has 0 aliphatic heterocycles. The van der Waals surface area contributed by atoms with Gasteiger partial charge in [0.1, 0.15) is 4.33 Å². The number of rotatable bonds is 2. The van der Waals surface area contributed by atoms with Crippen LogP contribution in [0.3, 0.4) is 0 Å². The molecule has 1 aromatic carbocycles. The molecule has 2 nitrogen and oxygen atoms in total. The molecule has 16 heavy (non-hydrogen) atoms. The lowest BCUT2D eigenvalue weighted by atomic mass is 10.3. The smallest absolute Gasteiger partial charge is 0.230 e. The summed E-state index contributed by atoms with van der Waals surface area (Å²) in [7, 11) is 0. The highest BCUT2D eigenvalue weighted by atomic mass is 35.5. The third-order valence-corrected chi connectivity index (χ3v) is 3.73. The molecule has 1 N–H and O–H groups in total. The maximum Gasteiger partial charge on any atom is 0.230 e. The molecule has 86 valence electrons. The Morgan fingerprint density at radius 2 is 2.00 bits per heavy atom. The molecule has 1 amide bonds. The molecule has 1 aliphatic carbocycles. The number of carbonyl (C=O) groups excluding carboxylic acids is 1. The van der Waals surface area contributed by atoms with E-state index in [4.69, 9.17) is 46.4 Å². The summed E-state index contributed by atoms with van der Waals surface area (Å²) < 4.78 is -0.935. The lowest BCUT2D eigenvalue weighted by Crippen LogP contribution is -2.17. The van der Waals surface area contributed by atoms with E-state index in [1.807, 2.05) is 0 Å². The Morgan fingerprint density at radius 1 is 1.38 bits per heavy atom. The van der Waals surface area contributed by atoms with Crippen LogP contribution >= 0.6 is 46.4 Å². The van der Waals surface area contributed by atoms with E-state index in [1.54, 1.807) is 18.2 Å².